The topological polar surface area (TPSA) is 84.2 Å². The Morgan fingerprint density at radius 2 is 1.85 bits per heavy atom. The lowest BCUT2D eigenvalue weighted by molar-refractivity contribution is 0.0977. The standard InChI is InChI=1S/C24H26N6OS2/c1-6-19-27-28-23-30(19)29-21(33-23)16-9-12-18(14(2)13-16)25-22(32)26-20(31)15-7-10-17(11-8-15)24(3,4)5/h7-13H,6H2,1-5H3,(H2,25,26,31,32). The van der Waals surface area contributed by atoms with Crippen LogP contribution < -0.4 is 10.6 Å². The van der Waals surface area contributed by atoms with E-state index >= 15 is 0 Å². The molecule has 2 aromatic heterocycles. The number of rotatable bonds is 4. The van der Waals surface area contributed by atoms with Crippen molar-refractivity contribution in [1.82, 2.24) is 25.1 Å². The third kappa shape index (κ3) is 4.94. The zero-order valence-corrected chi connectivity index (χ0v) is 20.9. The van der Waals surface area contributed by atoms with E-state index in [-0.39, 0.29) is 16.4 Å². The Balaban J connectivity index is 1.43. The van der Waals surface area contributed by atoms with Crippen LogP contribution in [0.5, 0.6) is 0 Å². The highest BCUT2D eigenvalue weighted by atomic mass is 32.1. The summed E-state index contributed by atoms with van der Waals surface area (Å²) in [6.45, 7) is 10.4. The Labute approximate surface area is 202 Å². The fourth-order valence-electron chi connectivity index (χ4n) is 3.38. The first kappa shape index (κ1) is 23.0. The van der Waals surface area contributed by atoms with Crippen LogP contribution in [0.4, 0.5) is 5.69 Å². The molecule has 2 heterocycles. The highest BCUT2D eigenvalue weighted by molar-refractivity contribution is 7.80. The molecule has 2 aromatic carbocycles. The van der Waals surface area contributed by atoms with Crippen molar-refractivity contribution in [3.63, 3.8) is 0 Å². The zero-order chi connectivity index (χ0) is 23.8. The van der Waals surface area contributed by atoms with Crippen molar-refractivity contribution in [2.75, 3.05) is 5.32 Å². The predicted molar refractivity (Wildman–Crippen MR) is 137 cm³/mol. The molecule has 0 aliphatic rings. The number of carbonyl (C=O) groups is 1. The molecule has 0 saturated carbocycles. The molecule has 0 saturated heterocycles. The van der Waals surface area contributed by atoms with Crippen LogP contribution in [0.25, 0.3) is 15.5 Å². The van der Waals surface area contributed by atoms with Gasteiger partial charge in [-0.25, -0.2) is 0 Å². The molecule has 1 amide bonds. The lowest BCUT2D eigenvalue weighted by atomic mass is 9.87. The summed E-state index contributed by atoms with van der Waals surface area (Å²) in [6, 6.07) is 13.5. The molecule has 4 rings (SSSR count). The molecular formula is C24H26N6OS2. The number of aromatic nitrogens is 4. The van der Waals surface area contributed by atoms with Gasteiger partial charge in [0.25, 0.3) is 5.91 Å². The Hall–Kier alpha value is -3.17. The summed E-state index contributed by atoms with van der Waals surface area (Å²) >= 11 is 6.87. The predicted octanol–water partition coefficient (Wildman–Crippen LogP) is 5.15. The molecule has 9 heteroatoms. The Bertz CT molecular complexity index is 1330. The summed E-state index contributed by atoms with van der Waals surface area (Å²) < 4.78 is 1.79. The summed E-state index contributed by atoms with van der Waals surface area (Å²) in [7, 11) is 0. The minimum atomic E-state index is -0.242. The molecule has 0 radical (unpaired) electrons. The molecular weight excluding hydrogens is 452 g/mol. The van der Waals surface area contributed by atoms with E-state index in [4.69, 9.17) is 12.2 Å². The van der Waals surface area contributed by atoms with E-state index in [1.807, 2.05) is 56.3 Å². The number of carbonyl (C=O) groups excluding carboxylic acids is 1. The average molecular weight is 479 g/mol. The first-order valence-corrected chi connectivity index (χ1v) is 11.9. The van der Waals surface area contributed by atoms with E-state index in [0.717, 1.165) is 39.0 Å². The van der Waals surface area contributed by atoms with Gasteiger partial charge in [0.15, 0.2) is 10.9 Å². The molecule has 0 fully saturated rings. The number of fused-ring (bicyclic) bond motifs is 1. The van der Waals surface area contributed by atoms with E-state index in [2.05, 4.69) is 46.7 Å². The number of thiocarbonyl (C=S) groups is 1. The Kier molecular flexibility index (Phi) is 6.27. The number of nitrogens with one attached hydrogen (secondary N) is 2. The second-order valence-corrected chi connectivity index (χ2v) is 10.2. The summed E-state index contributed by atoms with van der Waals surface area (Å²) in [5.41, 5.74) is 4.57. The normalized spacial score (nSPS) is 11.5. The maximum absolute atomic E-state index is 12.6. The number of amides is 1. The zero-order valence-electron chi connectivity index (χ0n) is 19.3. The van der Waals surface area contributed by atoms with Gasteiger partial charge in [0, 0.05) is 23.2 Å². The molecule has 0 bridgehead atoms. The summed E-state index contributed by atoms with van der Waals surface area (Å²) in [4.78, 5) is 13.4. The first-order valence-electron chi connectivity index (χ1n) is 10.7. The highest BCUT2D eigenvalue weighted by Crippen LogP contribution is 2.29. The molecule has 0 aliphatic heterocycles. The quantitative estimate of drug-likeness (QED) is 0.395. The van der Waals surface area contributed by atoms with Gasteiger partial charge in [-0.05, 0) is 66.0 Å². The minimum absolute atomic E-state index is 0.0353. The fourth-order valence-corrected chi connectivity index (χ4v) is 4.44. The number of aryl methyl sites for hydroxylation is 2. The number of hydrogen-bond donors (Lipinski definition) is 2. The molecule has 170 valence electrons. The summed E-state index contributed by atoms with van der Waals surface area (Å²) in [6.07, 6.45) is 0.774. The van der Waals surface area contributed by atoms with Gasteiger partial charge in [-0.1, -0.05) is 51.2 Å². The van der Waals surface area contributed by atoms with Crippen molar-refractivity contribution < 1.29 is 4.79 Å². The Morgan fingerprint density at radius 3 is 2.48 bits per heavy atom. The lowest BCUT2D eigenvalue weighted by Crippen LogP contribution is -2.34. The van der Waals surface area contributed by atoms with Gasteiger partial charge in [0.2, 0.25) is 4.96 Å². The van der Waals surface area contributed by atoms with Gasteiger partial charge in [-0.2, -0.15) is 9.61 Å². The van der Waals surface area contributed by atoms with Crippen LogP contribution >= 0.6 is 23.6 Å². The van der Waals surface area contributed by atoms with Crippen LogP contribution in [0.3, 0.4) is 0 Å². The van der Waals surface area contributed by atoms with Crippen molar-refractivity contribution in [2.45, 2.75) is 46.5 Å². The van der Waals surface area contributed by atoms with Crippen LogP contribution in [-0.2, 0) is 11.8 Å². The molecule has 0 aliphatic carbocycles. The number of anilines is 1. The minimum Gasteiger partial charge on any atom is -0.332 e. The van der Waals surface area contributed by atoms with Gasteiger partial charge in [-0.3, -0.25) is 10.1 Å². The largest absolute Gasteiger partial charge is 0.332 e. The highest BCUT2D eigenvalue weighted by Gasteiger charge is 2.16. The van der Waals surface area contributed by atoms with Crippen molar-refractivity contribution in [1.29, 1.82) is 0 Å². The molecule has 2 N–H and O–H groups in total. The average Bonchev–Trinajstić information content (AvgIpc) is 3.35. The summed E-state index contributed by atoms with van der Waals surface area (Å²) in [5.74, 6) is 0.602. The molecule has 0 unspecified atom stereocenters. The second kappa shape index (κ2) is 8.99. The number of benzene rings is 2. The van der Waals surface area contributed by atoms with Gasteiger partial charge >= 0.3 is 0 Å². The van der Waals surface area contributed by atoms with Gasteiger partial charge < -0.3 is 5.32 Å². The molecule has 0 spiro atoms. The van der Waals surface area contributed by atoms with Crippen molar-refractivity contribution >= 4 is 45.2 Å². The van der Waals surface area contributed by atoms with E-state index < -0.39 is 0 Å². The van der Waals surface area contributed by atoms with Gasteiger partial charge in [0.05, 0.1) is 0 Å². The van der Waals surface area contributed by atoms with Crippen LogP contribution in [0, 0.1) is 6.92 Å². The van der Waals surface area contributed by atoms with Gasteiger partial charge in [-0.15, -0.1) is 10.2 Å². The van der Waals surface area contributed by atoms with Crippen molar-refractivity contribution in [2.24, 2.45) is 0 Å². The van der Waals surface area contributed by atoms with E-state index in [1.165, 1.54) is 16.9 Å². The van der Waals surface area contributed by atoms with E-state index in [9.17, 15) is 4.79 Å². The SMILES string of the molecule is CCc1nnc2sc(-c3ccc(NC(=S)NC(=O)c4ccc(C(C)(C)C)cc4)c(C)c3)nn12. The van der Waals surface area contributed by atoms with Crippen LogP contribution in [-0.4, -0.2) is 30.8 Å². The maximum Gasteiger partial charge on any atom is 0.257 e. The molecule has 0 atom stereocenters. The molecule has 33 heavy (non-hydrogen) atoms. The number of hydrogen-bond acceptors (Lipinski definition) is 6. The van der Waals surface area contributed by atoms with Crippen molar-refractivity contribution in [3.05, 3.63) is 65.0 Å². The second-order valence-electron chi connectivity index (χ2n) is 8.84. The van der Waals surface area contributed by atoms with Crippen LogP contribution in [0.1, 0.15) is 55.0 Å². The number of nitrogens with zero attached hydrogens (tertiary/aromatic N) is 4. The van der Waals surface area contributed by atoms with E-state index in [0.29, 0.717) is 5.56 Å². The van der Waals surface area contributed by atoms with Gasteiger partial charge in [0.1, 0.15) is 5.01 Å². The maximum atomic E-state index is 12.6. The van der Waals surface area contributed by atoms with Crippen LogP contribution in [0.2, 0.25) is 0 Å². The third-order valence-electron chi connectivity index (χ3n) is 5.33. The van der Waals surface area contributed by atoms with Crippen LogP contribution in [0.15, 0.2) is 42.5 Å². The molecule has 7 nitrogen and oxygen atoms in total. The molecule has 4 aromatic rings. The third-order valence-corrected chi connectivity index (χ3v) is 6.49. The smallest absolute Gasteiger partial charge is 0.257 e. The monoisotopic (exact) mass is 478 g/mol. The van der Waals surface area contributed by atoms with Crippen molar-refractivity contribution in [3.8, 4) is 10.6 Å². The fraction of sp³-hybridized carbons (Fsp3) is 0.292. The summed E-state index contributed by atoms with van der Waals surface area (Å²) in [5, 5.41) is 20.0. The van der Waals surface area contributed by atoms with E-state index in [1.54, 1.807) is 4.52 Å². The lowest BCUT2D eigenvalue weighted by Gasteiger charge is -2.19. The Morgan fingerprint density at radius 1 is 1.12 bits per heavy atom. The first-order chi connectivity index (χ1) is 15.7.